The molecule has 5 aromatic rings. The van der Waals surface area contributed by atoms with Crippen LogP contribution in [0.2, 0.25) is 5.02 Å². The number of hydrogen-bond donors (Lipinski definition) is 0. The molecule has 0 unspecified atom stereocenters. The Balaban J connectivity index is 1.63. The Morgan fingerprint density at radius 3 is 2.47 bits per heavy atom. The number of rotatable bonds is 7. The zero-order chi connectivity index (χ0) is 26.6. The van der Waals surface area contributed by atoms with Crippen LogP contribution in [-0.4, -0.2) is 20.8 Å². The number of fused-ring (bicyclic) bond motifs is 1. The molecule has 1 aromatic heterocycles. The van der Waals surface area contributed by atoms with Crippen LogP contribution in [0.15, 0.2) is 101 Å². The maximum absolute atomic E-state index is 13.5. The average Bonchev–Trinajstić information content (AvgIpc) is 2.93. The molecule has 0 atom stereocenters. The number of halogens is 1. The van der Waals surface area contributed by atoms with Gasteiger partial charge in [0.05, 0.1) is 22.0 Å². The van der Waals surface area contributed by atoms with Gasteiger partial charge >= 0.3 is 5.69 Å². The lowest BCUT2D eigenvalue weighted by molar-refractivity contribution is -0.385. The van der Waals surface area contributed by atoms with E-state index in [0.717, 1.165) is 11.1 Å². The molecule has 0 saturated carbocycles. The van der Waals surface area contributed by atoms with Gasteiger partial charge in [0.1, 0.15) is 6.61 Å². The van der Waals surface area contributed by atoms with Crippen molar-refractivity contribution in [2.45, 2.75) is 13.5 Å². The van der Waals surface area contributed by atoms with Crippen LogP contribution in [0.1, 0.15) is 16.7 Å². The minimum atomic E-state index is -0.563. The Kier molecular flexibility index (Phi) is 6.97. The number of benzene rings is 4. The van der Waals surface area contributed by atoms with Gasteiger partial charge in [0.15, 0.2) is 5.82 Å². The number of aryl methyl sites for hydroxylation is 1. The van der Waals surface area contributed by atoms with Crippen molar-refractivity contribution >= 4 is 34.4 Å². The lowest BCUT2D eigenvalue weighted by Crippen LogP contribution is -2.20. The van der Waals surface area contributed by atoms with Gasteiger partial charge in [-0.15, -0.1) is 0 Å². The monoisotopic (exact) mass is 524 g/mol. The largest absolute Gasteiger partial charge is 0.481 e. The van der Waals surface area contributed by atoms with Gasteiger partial charge in [0.25, 0.3) is 5.56 Å². The van der Waals surface area contributed by atoms with Gasteiger partial charge in [0.2, 0.25) is 5.75 Å². The number of hydrogen-bond acceptors (Lipinski definition) is 6. The first kappa shape index (κ1) is 24.9. The quantitative estimate of drug-likeness (QED) is 0.139. The summed E-state index contributed by atoms with van der Waals surface area (Å²) in [5, 5.41) is 16.8. The van der Waals surface area contributed by atoms with Crippen LogP contribution in [0.25, 0.3) is 22.3 Å². The molecule has 38 heavy (non-hydrogen) atoms. The minimum Gasteiger partial charge on any atom is -0.481 e. The molecule has 0 bridgehead atoms. The van der Waals surface area contributed by atoms with E-state index >= 15 is 0 Å². The van der Waals surface area contributed by atoms with E-state index in [-0.39, 0.29) is 34.2 Å². The normalized spacial score (nSPS) is 11.2. The van der Waals surface area contributed by atoms with E-state index in [2.05, 4.69) is 10.1 Å². The van der Waals surface area contributed by atoms with Gasteiger partial charge in [-0.1, -0.05) is 83.9 Å². The van der Waals surface area contributed by atoms with Crippen molar-refractivity contribution in [1.29, 1.82) is 0 Å². The predicted octanol–water partition coefficient (Wildman–Crippen LogP) is 6.39. The van der Waals surface area contributed by atoms with Gasteiger partial charge in [-0.25, -0.2) is 4.98 Å². The van der Waals surface area contributed by atoms with E-state index in [0.29, 0.717) is 22.3 Å². The summed E-state index contributed by atoms with van der Waals surface area (Å²) >= 11 is 6.22. The van der Waals surface area contributed by atoms with Gasteiger partial charge in [-0.3, -0.25) is 14.9 Å². The second-order valence-electron chi connectivity index (χ2n) is 8.55. The van der Waals surface area contributed by atoms with Crippen molar-refractivity contribution in [2.75, 3.05) is 0 Å². The highest BCUT2D eigenvalue weighted by molar-refractivity contribution is 6.31. The summed E-state index contributed by atoms with van der Waals surface area (Å²) in [6.07, 6.45) is 1.33. The van der Waals surface area contributed by atoms with Crippen LogP contribution >= 0.6 is 11.6 Å². The first-order valence-corrected chi connectivity index (χ1v) is 12.1. The number of nitro benzene ring substituents is 1. The first-order valence-electron chi connectivity index (χ1n) is 11.7. The number of nitro groups is 1. The molecule has 0 saturated heterocycles. The van der Waals surface area contributed by atoms with Crippen molar-refractivity contribution in [2.24, 2.45) is 5.10 Å². The molecule has 9 heteroatoms. The first-order chi connectivity index (χ1) is 18.4. The average molecular weight is 525 g/mol. The third-order valence-corrected chi connectivity index (χ3v) is 6.08. The molecule has 0 N–H and O–H groups in total. The van der Waals surface area contributed by atoms with Crippen LogP contribution in [0.5, 0.6) is 5.75 Å². The highest BCUT2D eigenvalue weighted by Crippen LogP contribution is 2.34. The maximum Gasteiger partial charge on any atom is 0.313 e. The topological polar surface area (TPSA) is 99.6 Å². The number of para-hydroxylation sites is 1. The summed E-state index contributed by atoms with van der Waals surface area (Å²) in [7, 11) is 0. The Hall–Kier alpha value is -4.82. The van der Waals surface area contributed by atoms with Crippen LogP contribution < -0.4 is 10.3 Å². The molecule has 0 spiro atoms. The highest BCUT2D eigenvalue weighted by atomic mass is 35.5. The predicted molar refractivity (Wildman–Crippen MR) is 148 cm³/mol. The van der Waals surface area contributed by atoms with Crippen LogP contribution in [0.3, 0.4) is 0 Å². The molecule has 8 nitrogen and oxygen atoms in total. The van der Waals surface area contributed by atoms with E-state index in [9.17, 15) is 14.9 Å². The minimum absolute atomic E-state index is 0.00761. The molecule has 188 valence electrons. The summed E-state index contributed by atoms with van der Waals surface area (Å²) in [6, 6.07) is 26.5. The number of nitrogens with zero attached hydrogens (tertiary/aromatic N) is 4. The Morgan fingerprint density at radius 2 is 1.74 bits per heavy atom. The fourth-order valence-electron chi connectivity index (χ4n) is 3.95. The van der Waals surface area contributed by atoms with Crippen LogP contribution in [0, 0.1) is 17.0 Å². The van der Waals surface area contributed by atoms with E-state index in [1.807, 2.05) is 61.5 Å². The molecule has 0 amide bonds. The van der Waals surface area contributed by atoms with E-state index < -0.39 is 4.92 Å². The zero-order valence-electron chi connectivity index (χ0n) is 20.2. The molecule has 1 heterocycles. The van der Waals surface area contributed by atoms with E-state index in [1.165, 1.54) is 23.0 Å². The molecule has 0 aliphatic heterocycles. The molecule has 4 aromatic carbocycles. The second-order valence-corrected chi connectivity index (χ2v) is 8.99. The summed E-state index contributed by atoms with van der Waals surface area (Å²) in [5.74, 6) is 0.316. The summed E-state index contributed by atoms with van der Waals surface area (Å²) in [4.78, 5) is 29.4. The number of aromatic nitrogens is 2. The lowest BCUT2D eigenvalue weighted by atomic mass is 10.1. The fraction of sp³-hybridized carbons (Fsp3) is 0.0690. The molecular weight excluding hydrogens is 504 g/mol. The van der Waals surface area contributed by atoms with E-state index in [4.69, 9.17) is 16.3 Å². The van der Waals surface area contributed by atoms with Crippen molar-refractivity contribution in [3.63, 3.8) is 0 Å². The molecule has 0 radical (unpaired) electrons. The molecular formula is C29H21ClN4O4. The summed E-state index contributed by atoms with van der Waals surface area (Å²) in [5.41, 5.74) is 2.69. The van der Waals surface area contributed by atoms with Gasteiger partial charge in [-0.05, 0) is 30.7 Å². The Morgan fingerprint density at radius 1 is 1.03 bits per heavy atom. The van der Waals surface area contributed by atoms with Gasteiger partial charge in [0, 0.05) is 22.2 Å². The molecule has 0 aliphatic rings. The van der Waals surface area contributed by atoms with Gasteiger partial charge < -0.3 is 4.74 Å². The molecule has 0 fully saturated rings. The van der Waals surface area contributed by atoms with Crippen LogP contribution in [0.4, 0.5) is 5.69 Å². The fourth-order valence-corrected chi connectivity index (χ4v) is 4.17. The Labute approximate surface area is 222 Å². The van der Waals surface area contributed by atoms with Crippen molar-refractivity contribution in [3.05, 3.63) is 133 Å². The third-order valence-electron chi connectivity index (χ3n) is 5.86. The molecule has 0 aliphatic carbocycles. The second kappa shape index (κ2) is 10.7. The molecule has 5 rings (SSSR count). The summed E-state index contributed by atoms with van der Waals surface area (Å²) in [6.45, 7) is 2.06. The van der Waals surface area contributed by atoms with Gasteiger partial charge in [-0.2, -0.15) is 9.78 Å². The SMILES string of the molecule is Cc1ccc(COc2c(C=Nn3c(-c4ccccc4)nc4ccccc4c3=O)cc(Cl)cc2[N+](=O)[O-])cc1. The van der Waals surface area contributed by atoms with E-state index in [1.54, 1.807) is 24.3 Å². The standard InChI is InChI=1S/C29H21ClN4O4/c1-19-11-13-20(14-12-19)18-38-27-22(15-23(30)16-26(27)34(36)37)17-31-33-28(21-7-3-2-4-8-21)32-25-10-6-5-9-24(25)29(33)35/h2-17H,18H2,1H3. The van der Waals surface area contributed by atoms with Crippen molar-refractivity contribution in [1.82, 2.24) is 9.66 Å². The smallest absolute Gasteiger partial charge is 0.313 e. The lowest BCUT2D eigenvalue weighted by Gasteiger charge is -2.12. The van der Waals surface area contributed by atoms with Crippen molar-refractivity contribution < 1.29 is 9.66 Å². The third kappa shape index (κ3) is 5.16. The zero-order valence-corrected chi connectivity index (χ0v) is 21.0. The highest BCUT2D eigenvalue weighted by Gasteiger charge is 2.21. The van der Waals surface area contributed by atoms with Crippen LogP contribution in [-0.2, 0) is 6.61 Å². The maximum atomic E-state index is 13.5. The summed E-state index contributed by atoms with van der Waals surface area (Å²) < 4.78 is 7.09. The van der Waals surface area contributed by atoms with Crippen molar-refractivity contribution in [3.8, 4) is 17.1 Å². The Bertz CT molecular complexity index is 1730. The number of ether oxygens (including phenoxy) is 1.